The molecule has 0 aliphatic heterocycles. The van der Waals surface area contributed by atoms with Crippen LogP contribution in [0.15, 0.2) is 12.7 Å². The van der Waals surface area contributed by atoms with Gasteiger partial charge in [0.1, 0.15) is 0 Å². The quantitative estimate of drug-likeness (QED) is 0.479. The van der Waals surface area contributed by atoms with Crippen molar-refractivity contribution in [3.8, 4) is 0 Å². The van der Waals surface area contributed by atoms with Gasteiger partial charge < -0.3 is 0 Å². The maximum Gasteiger partial charge on any atom is 0.264 e. The molecule has 0 aliphatic carbocycles. The zero-order chi connectivity index (χ0) is 9.12. The molecule has 0 bridgehead atoms. The minimum absolute atomic E-state index is 0.148. The van der Waals surface area contributed by atoms with Crippen molar-refractivity contribution in [3.05, 3.63) is 12.7 Å². The minimum atomic E-state index is -3.32. The van der Waals surface area contributed by atoms with E-state index in [1.165, 1.54) is 0 Å². The lowest BCUT2D eigenvalue weighted by Gasteiger charge is -2.17. The fraction of sp³-hybridized carbons (Fsp3) is 0.714. The molecule has 0 spiro atoms. The van der Waals surface area contributed by atoms with Gasteiger partial charge >= 0.3 is 0 Å². The van der Waals surface area contributed by atoms with Crippen LogP contribution in [-0.4, -0.2) is 21.3 Å². The molecule has 0 heterocycles. The summed E-state index contributed by atoms with van der Waals surface area (Å²) in [5, 5.41) is 0. The van der Waals surface area contributed by atoms with Crippen LogP contribution in [0.25, 0.3) is 0 Å². The van der Waals surface area contributed by atoms with Crippen molar-refractivity contribution >= 4 is 10.1 Å². The molecule has 0 aromatic heterocycles. The molecule has 0 aromatic rings. The van der Waals surface area contributed by atoms with E-state index in [1.54, 1.807) is 6.08 Å². The van der Waals surface area contributed by atoms with Crippen LogP contribution in [-0.2, 0) is 14.3 Å². The Labute approximate surface area is 68.2 Å². The SMILES string of the molecule is C=CC(C)(C)COS(C)(=O)=O. The summed E-state index contributed by atoms with van der Waals surface area (Å²) in [7, 11) is -3.32. The molecule has 0 radical (unpaired) electrons. The van der Waals surface area contributed by atoms with Crippen molar-refractivity contribution in [2.75, 3.05) is 12.9 Å². The van der Waals surface area contributed by atoms with E-state index >= 15 is 0 Å². The third-order valence-electron chi connectivity index (χ3n) is 1.20. The predicted molar refractivity (Wildman–Crippen MR) is 44.8 cm³/mol. The van der Waals surface area contributed by atoms with Gasteiger partial charge in [0.2, 0.25) is 0 Å². The van der Waals surface area contributed by atoms with Crippen molar-refractivity contribution in [1.29, 1.82) is 0 Å². The van der Waals surface area contributed by atoms with E-state index in [9.17, 15) is 8.42 Å². The first-order valence-electron chi connectivity index (χ1n) is 3.25. The molecule has 4 heteroatoms. The maximum absolute atomic E-state index is 10.5. The summed E-state index contributed by atoms with van der Waals surface area (Å²) in [5.41, 5.74) is -0.289. The van der Waals surface area contributed by atoms with E-state index in [2.05, 4.69) is 10.8 Å². The van der Waals surface area contributed by atoms with Gasteiger partial charge in [-0.15, -0.1) is 6.58 Å². The lowest BCUT2D eigenvalue weighted by molar-refractivity contribution is 0.229. The van der Waals surface area contributed by atoms with Crippen LogP contribution >= 0.6 is 0 Å². The summed E-state index contributed by atoms with van der Waals surface area (Å²) >= 11 is 0. The molecule has 0 fully saturated rings. The largest absolute Gasteiger partial charge is 0.269 e. The van der Waals surface area contributed by atoms with Crippen molar-refractivity contribution in [2.24, 2.45) is 5.41 Å². The van der Waals surface area contributed by atoms with E-state index in [-0.39, 0.29) is 12.0 Å². The van der Waals surface area contributed by atoms with Crippen LogP contribution in [0.2, 0.25) is 0 Å². The first-order chi connectivity index (χ1) is 4.77. The maximum atomic E-state index is 10.5. The summed E-state index contributed by atoms with van der Waals surface area (Å²) in [6.07, 6.45) is 2.70. The normalized spacial score (nSPS) is 13.0. The summed E-state index contributed by atoms with van der Waals surface area (Å²) in [5.74, 6) is 0. The molecule has 0 saturated heterocycles. The first kappa shape index (κ1) is 10.7. The van der Waals surface area contributed by atoms with Crippen LogP contribution in [0, 0.1) is 5.41 Å². The van der Waals surface area contributed by atoms with Crippen molar-refractivity contribution in [3.63, 3.8) is 0 Å². The van der Waals surface area contributed by atoms with E-state index in [1.807, 2.05) is 13.8 Å². The topological polar surface area (TPSA) is 43.4 Å². The van der Waals surface area contributed by atoms with Gasteiger partial charge in [-0.05, 0) is 0 Å². The third kappa shape index (κ3) is 6.06. The fourth-order valence-electron chi connectivity index (χ4n) is 0.318. The number of hydrogen-bond donors (Lipinski definition) is 0. The van der Waals surface area contributed by atoms with Gasteiger partial charge in [-0.3, -0.25) is 4.18 Å². The van der Waals surface area contributed by atoms with Crippen LogP contribution in [0.1, 0.15) is 13.8 Å². The van der Waals surface area contributed by atoms with Crippen LogP contribution in [0.5, 0.6) is 0 Å². The first-order valence-corrected chi connectivity index (χ1v) is 5.06. The van der Waals surface area contributed by atoms with Crippen molar-refractivity contribution in [1.82, 2.24) is 0 Å². The monoisotopic (exact) mass is 178 g/mol. The highest BCUT2D eigenvalue weighted by Gasteiger charge is 2.15. The standard InChI is InChI=1S/C7H14O3S/c1-5-7(2,3)6-10-11(4,8)9/h5H,1,6H2,2-4H3. The second-order valence-electron chi connectivity index (χ2n) is 3.16. The van der Waals surface area contributed by atoms with Gasteiger partial charge in [0.15, 0.2) is 0 Å². The van der Waals surface area contributed by atoms with E-state index in [0.717, 1.165) is 6.26 Å². The Bertz CT molecular complexity index is 226. The highest BCUT2D eigenvalue weighted by molar-refractivity contribution is 7.85. The summed E-state index contributed by atoms with van der Waals surface area (Å²) in [6, 6.07) is 0. The minimum Gasteiger partial charge on any atom is -0.269 e. The summed E-state index contributed by atoms with van der Waals surface area (Å²) < 4.78 is 25.7. The summed E-state index contributed by atoms with van der Waals surface area (Å²) in [4.78, 5) is 0. The van der Waals surface area contributed by atoms with Crippen LogP contribution < -0.4 is 0 Å². The molecule has 0 aliphatic rings. The number of hydrogen-bond acceptors (Lipinski definition) is 3. The van der Waals surface area contributed by atoms with Gasteiger partial charge in [-0.1, -0.05) is 19.9 Å². The highest BCUT2D eigenvalue weighted by atomic mass is 32.2. The van der Waals surface area contributed by atoms with E-state index in [4.69, 9.17) is 0 Å². The van der Waals surface area contributed by atoms with Crippen LogP contribution in [0.4, 0.5) is 0 Å². The highest BCUT2D eigenvalue weighted by Crippen LogP contribution is 2.16. The Morgan fingerprint density at radius 3 is 2.27 bits per heavy atom. The molecule has 0 saturated carbocycles. The number of rotatable bonds is 4. The third-order valence-corrected chi connectivity index (χ3v) is 1.74. The van der Waals surface area contributed by atoms with Gasteiger partial charge in [0.05, 0.1) is 12.9 Å². The molecule has 0 unspecified atom stereocenters. The Hall–Kier alpha value is -0.350. The smallest absolute Gasteiger partial charge is 0.264 e. The Balaban J connectivity index is 4.00. The Morgan fingerprint density at radius 2 is 2.00 bits per heavy atom. The zero-order valence-electron chi connectivity index (χ0n) is 7.12. The molecule has 66 valence electrons. The lowest BCUT2D eigenvalue weighted by Crippen LogP contribution is -2.18. The fourth-order valence-corrected chi connectivity index (χ4v) is 0.836. The lowest BCUT2D eigenvalue weighted by atomic mass is 9.96. The van der Waals surface area contributed by atoms with Gasteiger partial charge in [-0.25, -0.2) is 0 Å². The second-order valence-corrected chi connectivity index (χ2v) is 4.80. The molecule has 0 amide bonds. The van der Waals surface area contributed by atoms with Gasteiger partial charge in [-0.2, -0.15) is 8.42 Å². The average molecular weight is 178 g/mol. The average Bonchev–Trinajstić information content (AvgIpc) is 1.83. The second kappa shape index (κ2) is 3.36. The summed E-state index contributed by atoms with van der Waals surface area (Å²) in [6.45, 7) is 7.41. The van der Waals surface area contributed by atoms with E-state index in [0.29, 0.717) is 0 Å². The van der Waals surface area contributed by atoms with Crippen LogP contribution in [0.3, 0.4) is 0 Å². The Kier molecular flexibility index (Phi) is 3.26. The molecule has 0 rings (SSSR count). The van der Waals surface area contributed by atoms with Crippen molar-refractivity contribution < 1.29 is 12.6 Å². The van der Waals surface area contributed by atoms with Gasteiger partial charge in [0.25, 0.3) is 10.1 Å². The molecular weight excluding hydrogens is 164 g/mol. The molecule has 0 atom stereocenters. The van der Waals surface area contributed by atoms with Crippen molar-refractivity contribution in [2.45, 2.75) is 13.8 Å². The molecule has 11 heavy (non-hydrogen) atoms. The molecule has 0 N–H and O–H groups in total. The Morgan fingerprint density at radius 1 is 1.55 bits per heavy atom. The van der Waals surface area contributed by atoms with Gasteiger partial charge in [0, 0.05) is 5.41 Å². The van der Waals surface area contributed by atoms with E-state index < -0.39 is 10.1 Å². The predicted octanol–water partition coefficient (Wildman–Crippen LogP) is 1.17. The molecule has 0 aromatic carbocycles. The molecule has 3 nitrogen and oxygen atoms in total. The zero-order valence-corrected chi connectivity index (χ0v) is 7.94. The molecular formula is C7H14O3S.